The molecule has 0 aromatic rings. The molecule has 2 aliphatic carbocycles. The molecule has 2 saturated carbocycles. The SMILES string of the molecule is COCC1CC(C(=O)N(C)C(C)C2CCC(Cl)CC2)C(N=O)CC1OC. The highest BCUT2D eigenvalue weighted by Gasteiger charge is 2.43. The van der Waals surface area contributed by atoms with Gasteiger partial charge in [-0.2, -0.15) is 4.91 Å². The van der Waals surface area contributed by atoms with Crippen molar-refractivity contribution in [1.29, 1.82) is 0 Å². The van der Waals surface area contributed by atoms with E-state index in [2.05, 4.69) is 12.1 Å². The van der Waals surface area contributed by atoms with Crippen LogP contribution in [-0.4, -0.2) is 62.2 Å². The van der Waals surface area contributed by atoms with Crippen LogP contribution in [0.2, 0.25) is 0 Å². The Morgan fingerprint density at radius 1 is 1.23 bits per heavy atom. The standard InChI is InChI=1S/C19H33ClN2O4/c1-12(13-5-7-15(20)8-6-13)22(2)19(23)16-9-14(11-25-3)18(26-4)10-17(16)21-24/h12-18H,5-11H2,1-4H3. The first kappa shape index (κ1) is 21.6. The van der Waals surface area contributed by atoms with Gasteiger partial charge < -0.3 is 14.4 Å². The Labute approximate surface area is 161 Å². The molecule has 0 aromatic heterocycles. The van der Waals surface area contributed by atoms with Gasteiger partial charge in [-0.15, -0.1) is 11.6 Å². The van der Waals surface area contributed by atoms with Crippen molar-refractivity contribution in [2.75, 3.05) is 27.9 Å². The summed E-state index contributed by atoms with van der Waals surface area (Å²) in [6.45, 7) is 2.63. The molecule has 150 valence electrons. The molecule has 0 N–H and O–H groups in total. The van der Waals surface area contributed by atoms with Gasteiger partial charge in [0.1, 0.15) is 6.04 Å². The van der Waals surface area contributed by atoms with Crippen LogP contribution in [0.4, 0.5) is 0 Å². The molecule has 0 heterocycles. The van der Waals surface area contributed by atoms with Gasteiger partial charge in [-0.25, -0.2) is 0 Å². The van der Waals surface area contributed by atoms with Crippen LogP contribution >= 0.6 is 11.6 Å². The largest absolute Gasteiger partial charge is 0.384 e. The number of nitroso groups, excluding NO2 is 1. The number of rotatable bonds is 7. The zero-order chi connectivity index (χ0) is 19.3. The highest BCUT2D eigenvalue weighted by Crippen LogP contribution is 2.36. The van der Waals surface area contributed by atoms with Crippen LogP contribution in [0.5, 0.6) is 0 Å². The van der Waals surface area contributed by atoms with Crippen LogP contribution in [0.1, 0.15) is 45.4 Å². The van der Waals surface area contributed by atoms with Crippen molar-refractivity contribution >= 4 is 17.5 Å². The molecular formula is C19H33ClN2O4. The molecule has 0 aromatic carbocycles. The summed E-state index contributed by atoms with van der Waals surface area (Å²) in [6, 6.07) is -0.395. The van der Waals surface area contributed by atoms with Crippen molar-refractivity contribution in [3.63, 3.8) is 0 Å². The third kappa shape index (κ3) is 4.96. The van der Waals surface area contributed by atoms with E-state index in [-0.39, 0.29) is 29.3 Å². The predicted molar refractivity (Wildman–Crippen MR) is 102 cm³/mol. The number of halogens is 1. The lowest BCUT2D eigenvalue weighted by atomic mass is 9.75. The minimum atomic E-state index is -0.534. The Morgan fingerprint density at radius 2 is 1.88 bits per heavy atom. The molecule has 7 heteroatoms. The maximum absolute atomic E-state index is 13.2. The van der Waals surface area contributed by atoms with Gasteiger partial charge in [0.25, 0.3) is 0 Å². The molecule has 2 aliphatic rings. The molecule has 0 spiro atoms. The molecule has 0 aliphatic heterocycles. The molecule has 26 heavy (non-hydrogen) atoms. The number of methoxy groups -OCH3 is 2. The number of hydrogen-bond acceptors (Lipinski definition) is 5. The molecule has 0 bridgehead atoms. The monoisotopic (exact) mass is 388 g/mol. The second-order valence-electron chi connectivity index (χ2n) is 7.94. The summed E-state index contributed by atoms with van der Waals surface area (Å²) in [5.41, 5.74) is 0. The van der Waals surface area contributed by atoms with Crippen LogP contribution in [0, 0.1) is 22.7 Å². The Hall–Kier alpha value is -0.720. The predicted octanol–water partition coefficient (Wildman–Crippen LogP) is 3.45. The van der Waals surface area contributed by atoms with Gasteiger partial charge in [-0.05, 0) is 44.9 Å². The minimum absolute atomic E-state index is 0.0192. The van der Waals surface area contributed by atoms with Crippen LogP contribution in [-0.2, 0) is 14.3 Å². The molecule has 0 radical (unpaired) electrons. The fourth-order valence-corrected chi connectivity index (χ4v) is 4.88. The lowest BCUT2D eigenvalue weighted by Crippen LogP contribution is -2.50. The molecule has 6 nitrogen and oxygen atoms in total. The van der Waals surface area contributed by atoms with Crippen molar-refractivity contribution in [1.82, 2.24) is 4.90 Å². The van der Waals surface area contributed by atoms with Crippen LogP contribution in [0.25, 0.3) is 0 Å². The quantitative estimate of drug-likeness (QED) is 0.494. The van der Waals surface area contributed by atoms with Gasteiger partial charge in [0.05, 0.1) is 18.6 Å². The second kappa shape index (κ2) is 10.00. The Bertz CT molecular complexity index is 470. The number of carbonyl (C=O) groups is 1. The first-order valence-corrected chi connectivity index (χ1v) is 10.1. The van der Waals surface area contributed by atoms with E-state index in [9.17, 15) is 9.70 Å². The number of alkyl halides is 1. The van der Waals surface area contributed by atoms with Crippen molar-refractivity contribution in [2.45, 2.75) is 69.0 Å². The van der Waals surface area contributed by atoms with Crippen LogP contribution < -0.4 is 0 Å². The number of nitrogens with zero attached hydrogens (tertiary/aromatic N) is 2. The highest BCUT2D eigenvalue weighted by atomic mass is 35.5. The first-order valence-electron chi connectivity index (χ1n) is 9.67. The van der Waals surface area contributed by atoms with Gasteiger partial charge in [-0.1, -0.05) is 5.18 Å². The van der Waals surface area contributed by atoms with Gasteiger partial charge >= 0.3 is 0 Å². The van der Waals surface area contributed by atoms with Crippen molar-refractivity contribution in [3.8, 4) is 0 Å². The van der Waals surface area contributed by atoms with E-state index in [0.717, 1.165) is 25.7 Å². The van der Waals surface area contributed by atoms with E-state index >= 15 is 0 Å². The molecule has 5 unspecified atom stereocenters. The van der Waals surface area contributed by atoms with Gasteiger partial charge in [0.15, 0.2) is 0 Å². The first-order chi connectivity index (χ1) is 12.4. The van der Waals surface area contributed by atoms with Crippen LogP contribution in [0.15, 0.2) is 5.18 Å². The van der Waals surface area contributed by atoms with Gasteiger partial charge in [0, 0.05) is 45.0 Å². The van der Waals surface area contributed by atoms with Crippen molar-refractivity contribution < 1.29 is 14.3 Å². The third-order valence-corrected chi connectivity index (χ3v) is 6.94. The number of ether oxygens (including phenoxy) is 2. The average molecular weight is 389 g/mol. The van der Waals surface area contributed by atoms with Gasteiger partial charge in [-0.3, -0.25) is 4.79 Å². The summed E-state index contributed by atoms with van der Waals surface area (Å²) in [6.07, 6.45) is 5.06. The topological polar surface area (TPSA) is 68.2 Å². The molecule has 0 saturated heterocycles. The fraction of sp³-hybridized carbons (Fsp3) is 0.947. The normalized spacial score (nSPS) is 36.3. The van der Waals surface area contributed by atoms with E-state index < -0.39 is 12.0 Å². The number of hydrogen-bond donors (Lipinski definition) is 0. The summed E-state index contributed by atoms with van der Waals surface area (Å²) in [5, 5.41) is 3.54. The Balaban J connectivity index is 2.05. The maximum Gasteiger partial charge on any atom is 0.227 e. The molecule has 2 fully saturated rings. The minimum Gasteiger partial charge on any atom is -0.384 e. The number of carbonyl (C=O) groups excluding carboxylic acids is 1. The van der Waals surface area contributed by atoms with E-state index in [0.29, 0.717) is 25.4 Å². The average Bonchev–Trinajstić information content (AvgIpc) is 2.66. The fourth-order valence-electron chi connectivity index (χ4n) is 4.63. The van der Waals surface area contributed by atoms with E-state index in [4.69, 9.17) is 21.1 Å². The summed E-state index contributed by atoms with van der Waals surface area (Å²) in [7, 11) is 5.14. The lowest BCUT2D eigenvalue weighted by Gasteiger charge is -2.41. The summed E-state index contributed by atoms with van der Waals surface area (Å²) >= 11 is 6.21. The molecule has 5 atom stereocenters. The maximum atomic E-state index is 13.2. The van der Waals surface area contributed by atoms with E-state index in [1.165, 1.54) is 0 Å². The van der Waals surface area contributed by atoms with E-state index in [1.54, 1.807) is 14.2 Å². The molecular weight excluding hydrogens is 356 g/mol. The number of amides is 1. The highest BCUT2D eigenvalue weighted by molar-refractivity contribution is 6.20. The van der Waals surface area contributed by atoms with Crippen molar-refractivity contribution in [3.05, 3.63) is 4.91 Å². The summed E-state index contributed by atoms with van der Waals surface area (Å²) in [4.78, 5) is 26.4. The second-order valence-corrected chi connectivity index (χ2v) is 8.56. The zero-order valence-corrected chi connectivity index (χ0v) is 17.2. The van der Waals surface area contributed by atoms with Crippen molar-refractivity contribution in [2.24, 2.45) is 22.9 Å². The Kier molecular flexibility index (Phi) is 8.30. The summed E-state index contributed by atoms with van der Waals surface area (Å²) < 4.78 is 10.8. The Morgan fingerprint density at radius 3 is 2.42 bits per heavy atom. The third-order valence-electron chi connectivity index (χ3n) is 6.50. The molecule has 2 rings (SSSR count). The van der Waals surface area contributed by atoms with Crippen LogP contribution in [0.3, 0.4) is 0 Å². The van der Waals surface area contributed by atoms with E-state index in [1.807, 2.05) is 11.9 Å². The zero-order valence-electron chi connectivity index (χ0n) is 16.4. The smallest absolute Gasteiger partial charge is 0.227 e. The lowest BCUT2D eigenvalue weighted by molar-refractivity contribution is -0.142. The summed E-state index contributed by atoms with van der Waals surface area (Å²) in [5.74, 6) is 0.195. The van der Waals surface area contributed by atoms with Gasteiger partial charge in [0.2, 0.25) is 5.91 Å². The molecule has 1 amide bonds.